The second kappa shape index (κ2) is 13.1. The highest BCUT2D eigenvalue weighted by atomic mass is 31.2. The first-order valence-electron chi connectivity index (χ1n) is 14.5. The Hall–Kier alpha value is -3.30. The zero-order valence-corrected chi connectivity index (χ0v) is 25.8. The normalized spacial score (nSPS) is 28.5. The number of aliphatic hydroxyl groups is 2. The van der Waals surface area contributed by atoms with E-state index in [2.05, 4.69) is 19.9 Å². The summed E-state index contributed by atoms with van der Waals surface area (Å²) in [6.45, 7) is 1.27. The van der Waals surface area contributed by atoms with Gasteiger partial charge in [-0.1, -0.05) is 0 Å². The first-order valence-corrected chi connectivity index (χ1v) is 16.0. The lowest BCUT2D eigenvalue weighted by Crippen LogP contribution is -2.35. The highest BCUT2D eigenvalue weighted by Gasteiger charge is 2.46. The summed E-state index contributed by atoms with van der Waals surface area (Å²) < 4.78 is 53.2. The lowest BCUT2D eigenvalue weighted by Gasteiger charge is -2.32. The van der Waals surface area contributed by atoms with Crippen LogP contribution in [0.1, 0.15) is 30.9 Å². The molecule has 6 N–H and O–H groups in total. The number of aromatic nitrogens is 6. The average Bonchev–Trinajstić information content (AvgIpc) is 3.81. The maximum absolute atomic E-state index is 14.5. The van der Waals surface area contributed by atoms with Crippen molar-refractivity contribution < 1.29 is 42.8 Å². The number of aromatic amines is 2. The maximum Gasteiger partial charge on any atom is 0.408 e. The number of nitrogens with zero attached hydrogens (tertiary/aromatic N) is 5. The molecule has 6 rings (SSSR count). The molecule has 3 saturated heterocycles. The summed E-state index contributed by atoms with van der Waals surface area (Å²) in [4.78, 5) is 49.3. The minimum Gasteiger partial charge on any atom is -0.394 e. The number of nitrogen functional groups attached to an aromatic ring is 1. The molecule has 46 heavy (non-hydrogen) atoms. The molecule has 0 spiro atoms. The van der Waals surface area contributed by atoms with Crippen molar-refractivity contribution in [3.05, 3.63) is 49.3 Å². The topological polar surface area (TPSA) is 261 Å². The summed E-state index contributed by atoms with van der Waals surface area (Å²) in [5.41, 5.74) is 4.36. The number of nitrogens with two attached hydrogens (primary N) is 1. The van der Waals surface area contributed by atoms with Gasteiger partial charge in [0.15, 0.2) is 17.5 Å². The number of likely N-dealkylation sites (N-methyl/N-ethyl adjacent to an activating group) is 1. The van der Waals surface area contributed by atoms with Gasteiger partial charge in [-0.2, -0.15) is 4.98 Å². The molecule has 3 aliphatic heterocycles. The van der Waals surface area contributed by atoms with Crippen LogP contribution in [0.3, 0.4) is 0 Å². The largest absolute Gasteiger partial charge is 0.408 e. The predicted molar refractivity (Wildman–Crippen MR) is 156 cm³/mol. The van der Waals surface area contributed by atoms with Crippen molar-refractivity contribution in [2.24, 2.45) is 0 Å². The lowest BCUT2D eigenvalue weighted by atomic mass is 10.2. The second-order valence-electron chi connectivity index (χ2n) is 11.2. The molecule has 0 saturated carbocycles. The minimum absolute atomic E-state index is 0.0178. The van der Waals surface area contributed by atoms with E-state index in [-0.39, 0.29) is 42.1 Å². The van der Waals surface area contributed by atoms with Crippen LogP contribution in [0, 0.1) is 6.92 Å². The van der Waals surface area contributed by atoms with E-state index in [0.717, 1.165) is 4.57 Å². The molecule has 20 nitrogen and oxygen atoms in total. The monoisotopic (exact) mass is 670 g/mol. The van der Waals surface area contributed by atoms with Gasteiger partial charge in [0.25, 0.3) is 11.1 Å². The van der Waals surface area contributed by atoms with Gasteiger partial charge in [-0.15, -0.1) is 0 Å². The van der Waals surface area contributed by atoms with Crippen LogP contribution in [0.2, 0.25) is 0 Å². The smallest absolute Gasteiger partial charge is 0.394 e. The van der Waals surface area contributed by atoms with Crippen LogP contribution in [0.15, 0.2) is 26.9 Å². The fraction of sp³-hybridized carbons (Fsp3) is 0.640. The molecule has 3 aromatic heterocycles. The van der Waals surface area contributed by atoms with Gasteiger partial charge in [0.1, 0.15) is 30.8 Å². The van der Waals surface area contributed by atoms with Gasteiger partial charge in [-0.25, -0.2) is 19.0 Å². The van der Waals surface area contributed by atoms with Crippen LogP contribution in [0.25, 0.3) is 11.2 Å². The van der Waals surface area contributed by atoms with Gasteiger partial charge < -0.3 is 34.9 Å². The molecule has 0 aliphatic carbocycles. The Morgan fingerprint density at radius 3 is 2.57 bits per heavy atom. The van der Waals surface area contributed by atoms with Crippen molar-refractivity contribution >= 4 is 24.9 Å². The van der Waals surface area contributed by atoms with Crippen LogP contribution in [-0.2, 0) is 32.6 Å². The summed E-state index contributed by atoms with van der Waals surface area (Å²) in [5, 5.41) is 20.9. The number of hydrogen-bond acceptors (Lipinski definition) is 15. The summed E-state index contributed by atoms with van der Waals surface area (Å²) in [6, 6.07) is 0. The van der Waals surface area contributed by atoms with Crippen molar-refractivity contribution in [2.75, 3.05) is 45.8 Å². The van der Waals surface area contributed by atoms with Gasteiger partial charge in [-0.05, 0) is 14.0 Å². The Kier molecular flexibility index (Phi) is 9.27. The van der Waals surface area contributed by atoms with Crippen LogP contribution in [0.5, 0.6) is 0 Å². The quantitative estimate of drug-likeness (QED) is 0.142. The first-order chi connectivity index (χ1) is 22.0. The number of imidazole rings is 1. The van der Waals surface area contributed by atoms with Gasteiger partial charge >= 0.3 is 13.4 Å². The summed E-state index contributed by atoms with van der Waals surface area (Å²) in [7, 11) is -2.79. The molecule has 7 atom stereocenters. The molecule has 252 valence electrons. The molecule has 21 heteroatoms. The van der Waals surface area contributed by atoms with Gasteiger partial charge in [0.2, 0.25) is 5.95 Å². The Morgan fingerprint density at radius 2 is 1.83 bits per heavy atom. The molecular formula is C25H35N8O12P. The van der Waals surface area contributed by atoms with Crippen LogP contribution >= 0.6 is 7.75 Å². The van der Waals surface area contributed by atoms with E-state index < -0.39 is 80.9 Å². The summed E-state index contributed by atoms with van der Waals surface area (Å²) >= 11 is 0. The number of hydrogen-bond donors (Lipinski definition) is 5. The number of H-pyrrole nitrogens is 2. The molecule has 3 fully saturated rings. The predicted octanol–water partition coefficient (Wildman–Crippen LogP) is -1.70. The maximum atomic E-state index is 14.5. The van der Waals surface area contributed by atoms with Crippen LogP contribution < -0.4 is 22.5 Å². The van der Waals surface area contributed by atoms with E-state index in [4.69, 9.17) is 33.7 Å². The first kappa shape index (κ1) is 32.6. The number of fused-ring (bicyclic) bond motifs is 1. The minimum atomic E-state index is -4.27. The number of aliphatic hydroxyl groups excluding tert-OH is 2. The number of rotatable bonds is 11. The fourth-order valence-electron chi connectivity index (χ4n) is 5.51. The summed E-state index contributed by atoms with van der Waals surface area (Å²) in [5.74, 6) is -0.117. The third-order valence-electron chi connectivity index (χ3n) is 7.97. The van der Waals surface area contributed by atoms with Crippen molar-refractivity contribution in [1.29, 1.82) is 0 Å². The van der Waals surface area contributed by atoms with Crippen molar-refractivity contribution in [2.45, 2.75) is 62.9 Å². The highest BCUT2D eigenvalue weighted by Crippen LogP contribution is 2.55. The molecule has 3 aromatic rings. The SMILES string of the molecule is Cc1cn([C@H]2CC(OP(=O)(OC[C@H]3O[C@@H](n4cnc5c(=O)[nH]c(N)nc54)CC3O)N(C)CC3OCCO3)[C@@H](CO)O2)c(=O)[nH]c1=O. The Bertz CT molecular complexity index is 1790. The van der Waals surface area contributed by atoms with E-state index in [1.807, 2.05) is 0 Å². The third kappa shape index (κ3) is 6.45. The van der Waals surface area contributed by atoms with E-state index in [1.54, 1.807) is 0 Å². The summed E-state index contributed by atoms with van der Waals surface area (Å²) in [6.07, 6.45) is -3.87. The standard InChI is InChI=1S/C25H35N8O12P/c1-12-7-32(25(38)30-22(12)36)18-6-14(15(9-34)43-18)45-46(39,31(2)8-19-40-3-4-41-19)42-10-16-13(35)5-17(44-16)33-11-27-20-21(33)28-24(26)29-23(20)37/h7,11,13-19,34-35H,3-6,8-10H2,1-2H3,(H,30,36,38)(H3,26,28,29,37)/t13?,14?,15-,16-,17-,18-,46?/m1/s1. The molecule has 0 amide bonds. The van der Waals surface area contributed by atoms with Gasteiger partial charge in [0, 0.05) is 24.6 Å². The van der Waals surface area contributed by atoms with E-state index >= 15 is 0 Å². The van der Waals surface area contributed by atoms with Crippen LogP contribution in [0.4, 0.5) is 5.95 Å². The van der Waals surface area contributed by atoms with Gasteiger partial charge in [-0.3, -0.25) is 37.7 Å². The molecule has 3 aliphatic rings. The Morgan fingerprint density at radius 1 is 1.11 bits per heavy atom. The van der Waals surface area contributed by atoms with E-state index in [9.17, 15) is 29.2 Å². The zero-order chi connectivity index (χ0) is 32.7. The number of ether oxygens (including phenoxy) is 4. The Balaban J connectivity index is 1.20. The van der Waals surface area contributed by atoms with E-state index in [0.29, 0.717) is 13.2 Å². The van der Waals surface area contributed by atoms with Crippen molar-refractivity contribution in [1.82, 2.24) is 33.7 Å². The average molecular weight is 671 g/mol. The number of nitrogens with one attached hydrogen (secondary N) is 2. The lowest BCUT2D eigenvalue weighted by molar-refractivity contribution is -0.0651. The molecule has 6 heterocycles. The zero-order valence-electron chi connectivity index (χ0n) is 24.9. The molecule has 3 unspecified atom stereocenters. The molecule has 0 aromatic carbocycles. The molecule has 0 radical (unpaired) electrons. The number of anilines is 1. The molecular weight excluding hydrogens is 635 g/mol. The van der Waals surface area contributed by atoms with Crippen molar-refractivity contribution in [3.63, 3.8) is 0 Å². The fourth-order valence-corrected chi connectivity index (χ4v) is 7.16. The second-order valence-corrected chi connectivity index (χ2v) is 13.2. The van der Waals surface area contributed by atoms with Gasteiger partial charge in [0.05, 0.1) is 45.4 Å². The molecule has 0 bridgehead atoms. The van der Waals surface area contributed by atoms with Crippen LogP contribution in [-0.4, -0.2) is 115 Å². The third-order valence-corrected chi connectivity index (χ3v) is 9.99. The van der Waals surface area contributed by atoms with Crippen molar-refractivity contribution in [3.8, 4) is 0 Å². The highest BCUT2D eigenvalue weighted by molar-refractivity contribution is 7.51. The van der Waals surface area contributed by atoms with E-state index in [1.165, 1.54) is 35.7 Å². The Labute approximate surface area is 259 Å². The number of aryl methyl sites for hydroxylation is 1.